The lowest BCUT2D eigenvalue weighted by atomic mass is 10.1. The predicted octanol–water partition coefficient (Wildman–Crippen LogP) is 5.14. The van der Waals surface area contributed by atoms with Crippen molar-refractivity contribution in [2.75, 3.05) is 0 Å². The van der Waals surface area contributed by atoms with Crippen LogP contribution in [0.15, 0.2) is 53.0 Å². The van der Waals surface area contributed by atoms with Crippen LogP contribution >= 0.6 is 27.3 Å². The number of hydrogen-bond donors (Lipinski definition) is 0. The highest BCUT2D eigenvalue weighted by Crippen LogP contribution is 2.30. The molecule has 3 rings (SSSR count). The number of carbonyl (C=O) groups excluding carboxylic acids is 1. The molecule has 0 unspecified atom stereocenters. The number of benzene rings is 2. The van der Waals surface area contributed by atoms with E-state index in [0.29, 0.717) is 0 Å². The number of thiophene rings is 1. The zero-order valence-corrected chi connectivity index (χ0v) is 11.8. The van der Waals surface area contributed by atoms with Gasteiger partial charge in [0.05, 0.1) is 4.88 Å². The van der Waals surface area contributed by atoms with Crippen molar-refractivity contribution < 1.29 is 4.79 Å². The molecular weight excluding hydrogens is 308 g/mol. The highest BCUT2D eigenvalue weighted by atomic mass is 79.9. The van der Waals surface area contributed by atoms with Crippen LogP contribution in [0.5, 0.6) is 0 Å². The van der Waals surface area contributed by atoms with Gasteiger partial charge in [0.2, 0.25) is 0 Å². The Bertz CT molecular complexity index is 730. The summed E-state index contributed by atoms with van der Waals surface area (Å²) in [6.45, 7) is 0. The van der Waals surface area contributed by atoms with Crippen LogP contribution in [0.4, 0.5) is 0 Å². The van der Waals surface area contributed by atoms with E-state index in [1.165, 1.54) is 22.1 Å². The zero-order valence-electron chi connectivity index (χ0n) is 9.39. The van der Waals surface area contributed by atoms with Crippen LogP contribution < -0.4 is 0 Å². The molecule has 0 spiro atoms. The molecule has 0 N–H and O–H groups in total. The van der Waals surface area contributed by atoms with Crippen molar-refractivity contribution in [2.45, 2.75) is 0 Å². The second-order valence-corrected chi connectivity index (χ2v) is 6.06. The van der Waals surface area contributed by atoms with Gasteiger partial charge < -0.3 is 0 Å². The lowest BCUT2D eigenvalue weighted by molar-refractivity contribution is 0.112. The molecule has 0 aliphatic heterocycles. The van der Waals surface area contributed by atoms with Gasteiger partial charge in [0.25, 0.3) is 0 Å². The molecule has 0 atom stereocenters. The number of aldehydes is 1. The maximum Gasteiger partial charge on any atom is 0.160 e. The molecule has 0 radical (unpaired) electrons. The monoisotopic (exact) mass is 316 g/mol. The quantitative estimate of drug-likeness (QED) is 0.598. The summed E-state index contributed by atoms with van der Waals surface area (Å²) in [5.41, 5.74) is 1.16. The summed E-state index contributed by atoms with van der Waals surface area (Å²) < 4.78 is 1.09. The molecule has 2 aromatic carbocycles. The fourth-order valence-corrected chi connectivity index (χ4v) is 3.14. The Hall–Kier alpha value is -1.45. The first kappa shape index (κ1) is 11.6. The summed E-state index contributed by atoms with van der Waals surface area (Å²) in [6.07, 6.45) is 0.895. The van der Waals surface area contributed by atoms with Gasteiger partial charge in [-0.25, -0.2) is 0 Å². The number of fused-ring (bicyclic) bond motifs is 1. The molecule has 0 saturated heterocycles. The maximum atomic E-state index is 10.7. The van der Waals surface area contributed by atoms with Gasteiger partial charge in [-0.15, -0.1) is 11.3 Å². The first-order chi connectivity index (χ1) is 8.76. The summed E-state index contributed by atoms with van der Waals surface area (Å²) >= 11 is 4.99. The van der Waals surface area contributed by atoms with Crippen LogP contribution in [0.2, 0.25) is 0 Å². The van der Waals surface area contributed by atoms with Gasteiger partial charge in [0.1, 0.15) is 0 Å². The van der Waals surface area contributed by atoms with E-state index in [4.69, 9.17) is 0 Å². The molecule has 1 aromatic heterocycles. The molecule has 3 heteroatoms. The maximum absolute atomic E-state index is 10.7. The van der Waals surface area contributed by atoms with E-state index in [-0.39, 0.29) is 0 Å². The molecule has 18 heavy (non-hydrogen) atoms. The van der Waals surface area contributed by atoms with Crippen molar-refractivity contribution in [3.05, 3.63) is 57.9 Å². The third-order valence-corrected chi connectivity index (χ3v) is 4.38. The van der Waals surface area contributed by atoms with Crippen molar-refractivity contribution in [3.63, 3.8) is 0 Å². The van der Waals surface area contributed by atoms with Crippen molar-refractivity contribution in [2.24, 2.45) is 0 Å². The summed E-state index contributed by atoms with van der Waals surface area (Å²) in [4.78, 5) is 12.6. The molecule has 1 heterocycles. The largest absolute Gasteiger partial charge is 0.297 e. The van der Waals surface area contributed by atoms with Crippen LogP contribution in [0.25, 0.3) is 21.2 Å². The molecule has 3 aromatic rings. The van der Waals surface area contributed by atoms with Crippen LogP contribution in [0.1, 0.15) is 9.67 Å². The van der Waals surface area contributed by atoms with Gasteiger partial charge in [-0.1, -0.05) is 34.1 Å². The van der Waals surface area contributed by atoms with Crippen LogP contribution in [0, 0.1) is 0 Å². The average Bonchev–Trinajstić information content (AvgIpc) is 2.87. The van der Waals surface area contributed by atoms with Gasteiger partial charge >= 0.3 is 0 Å². The highest BCUT2D eigenvalue weighted by Gasteiger charge is 2.03. The van der Waals surface area contributed by atoms with Crippen molar-refractivity contribution in [3.8, 4) is 10.4 Å². The number of rotatable bonds is 2. The molecular formula is C15H9BrOS. The minimum Gasteiger partial charge on any atom is -0.297 e. The normalized spacial score (nSPS) is 10.7. The lowest BCUT2D eigenvalue weighted by Crippen LogP contribution is -1.76. The smallest absolute Gasteiger partial charge is 0.160 e. The van der Waals surface area contributed by atoms with Crippen molar-refractivity contribution in [1.29, 1.82) is 0 Å². The van der Waals surface area contributed by atoms with E-state index in [9.17, 15) is 4.79 Å². The average molecular weight is 317 g/mol. The van der Waals surface area contributed by atoms with Crippen LogP contribution in [-0.4, -0.2) is 6.29 Å². The molecule has 1 nitrogen and oxygen atoms in total. The first-order valence-electron chi connectivity index (χ1n) is 5.51. The third-order valence-electron chi connectivity index (χ3n) is 2.83. The zero-order chi connectivity index (χ0) is 12.5. The van der Waals surface area contributed by atoms with E-state index in [2.05, 4.69) is 46.3 Å². The summed E-state index contributed by atoms with van der Waals surface area (Å²) in [6, 6.07) is 16.4. The molecule has 0 saturated carbocycles. The Labute approximate surface area is 117 Å². The minimum absolute atomic E-state index is 0.765. The molecule has 0 amide bonds. The molecule has 88 valence electrons. The molecule has 0 bridgehead atoms. The van der Waals surface area contributed by atoms with Gasteiger partial charge in [0.15, 0.2) is 6.29 Å². The number of carbonyl (C=O) groups is 1. The SMILES string of the molecule is O=Cc1ccc(-c2ccc3cc(Br)ccc3c2)s1. The van der Waals surface area contributed by atoms with Crippen molar-refractivity contribution in [1.82, 2.24) is 0 Å². The third kappa shape index (κ3) is 2.11. The number of halogens is 1. The van der Waals surface area contributed by atoms with Crippen molar-refractivity contribution >= 4 is 44.3 Å². The second kappa shape index (κ2) is 4.67. The fourth-order valence-electron chi connectivity index (χ4n) is 1.94. The summed E-state index contributed by atoms with van der Waals surface area (Å²) in [5.74, 6) is 0. The minimum atomic E-state index is 0.765. The van der Waals surface area contributed by atoms with Gasteiger partial charge in [0, 0.05) is 9.35 Å². The predicted molar refractivity (Wildman–Crippen MR) is 80.3 cm³/mol. The van der Waals surface area contributed by atoms with E-state index < -0.39 is 0 Å². The van der Waals surface area contributed by atoms with Gasteiger partial charge in [-0.2, -0.15) is 0 Å². The first-order valence-corrected chi connectivity index (χ1v) is 7.12. The Kier molecular flexibility index (Phi) is 3.02. The Morgan fingerprint density at radius 2 is 1.72 bits per heavy atom. The van der Waals surface area contributed by atoms with Crippen LogP contribution in [-0.2, 0) is 0 Å². The van der Waals surface area contributed by atoms with Gasteiger partial charge in [-0.3, -0.25) is 4.79 Å². The standard InChI is InChI=1S/C15H9BrOS/c16-13-4-3-10-7-12(2-1-11(10)8-13)15-6-5-14(9-17)18-15/h1-9H. The Morgan fingerprint density at radius 1 is 0.944 bits per heavy atom. The Balaban J connectivity index is 2.12. The summed E-state index contributed by atoms with van der Waals surface area (Å²) in [5, 5.41) is 2.41. The molecule has 0 aliphatic carbocycles. The molecule has 0 aliphatic rings. The fraction of sp³-hybridized carbons (Fsp3) is 0. The topological polar surface area (TPSA) is 17.1 Å². The van der Waals surface area contributed by atoms with Crippen LogP contribution in [0.3, 0.4) is 0 Å². The highest BCUT2D eigenvalue weighted by molar-refractivity contribution is 9.10. The van der Waals surface area contributed by atoms with E-state index in [0.717, 1.165) is 26.1 Å². The van der Waals surface area contributed by atoms with E-state index >= 15 is 0 Å². The second-order valence-electron chi connectivity index (χ2n) is 4.03. The van der Waals surface area contributed by atoms with E-state index in [1.807, 2.05) is 18.2 Å². The lowest BCUT2D eigenvalue weighted by Gasteiger charge is -2.02. The Morgan fingerprint density at radius 3 is 2.50 bits per heavy atom. The van der Waals surface area contributed by atoms with Gasteiger partial charge in [-0.05, 0) is 46.7 Å². The summed E-state index contributed by atoms with van der Waals surface area (Å²) in [7, 11) is 0. The molecule has 0 fully saturated rings. The number of hydrogen-bond acceptors (Lipinski definition) is 2. The van der Waals surface area contributed by atoms with E-state index in [1.54, 1.807) is 0 Å².